The first kappa shape index (κ1) is 19.3. The maximum atomic E-state index is 12.7. The first-order valence-electron chi connectivity index (χ1n) is 7.58. The van der Waals surface area contributed by atoms with Crippen LogP contribution in [-0.4, -0.2) is 48.8 Å². The summed E-state index contributed by atoms with van der Waals surface area (Å²) in [6.07, 6.45) is -2.57. The lowest BCUT2D eigenvalue weighted by atomic mass is 9.95. The molecule has 0 radical (unpaired) electrons. The largest absolute Gasteiger partial charge is 0.486 e. The van der Waals surface area contributed by atoms with Crippen LogP contribution in [0.4, 0.5) is 8.78 Å². The van der Waals surface area contributed by atoms with Crippen molar-refractivity contribution in [1.29, 1.82) is 5.26 Å². The second-order valence-corrected chi connectivity index (χ2v) is 6.78. The molecule has 5 nitrogen and oxygen atoms in total. The van der Waals surface area contributed by atoms with Crippen molar-refractivity contribution in [2.24, 2.45) is 5.92 Å². The maximum Gasteiger partial charge on any atom is 0.272 e. The molecule has 2 rings (SSSR count). The van der Waals surface area contributed by atoms with Crippen LogP contribution in [0.3, 0.4) is 0 Å². The molecule has 1 aromatic carbocycles. The van der Waals surface area contributed by atoms with Crippen LogP contribution in [0.15, 0.2) is 22.7 Å². The summed E-state index contributed by atoms with van der Waals surface area (Å²) in [5.74, 6) is -0.864. The lowest BCUT2D eigenvalue weighted by molar-refractivity contribution is 0.0816. The van der Waals surface area contributed by atoms with Gasteiger partial charge in [0, 0.05) is 16.9 Å². The Labute approximate surface area is 152 Å². The highest BCUT2D eigenvalue weighted by molar-refractivity contribution is 9.10. The number of halogens is 3. The van der Waals surface area contributed by atoms with Crippen LogP contribution in [0.25, 0.3) is 10.9 Å². The third-order valence-corrected chi connectivity index (χ3v) is 4.64. The van der Waals surface area contributed by atoms with Crippen LogP contribution < -0.4 is 4.74 Å². The van der Waals surface area contributed by atoms with Crippen LogP contribution >= 0.6 is 15.9 Å². The van der Waals surface area contributed by atoms with E-state index in [2.05, 4.69) is 27.0 Å². The van der Waals surface area contributed by atoms with Gasteiger partial charge in [-0.2, -0.15) is 5.26 Å². The van der Waals surface area contributed by atoms with Gasteiger partial charge in [0.15, 0.2) is 5.78 Å². The highest BCUT2D eigenvalue weighted by Crippen LogP contribution is 2.31. The zero-order valence-corrected chi connectivity index (χ0v) is 15.6. The number of nitrogens with zero attached hydrogens (tertiary/aromatic N) is 2. The summed E-state index contributed by atoms with van der Waals surface area (Å²) >= 11 is 3.26. The lowest BCUT2D eigenvalue weighted by Gasteiger charge is -2.23. The minimum absolute atomic E-state index is 0.249. The third kappa shape index (κ3) is 4.35. The average Bonchev–Trinajstić information content (AvgIpc) is 2.95. The third-order valence-electron chi connectivity index (χ3n) is 4.02. The highest BCUT2D eigenvalue weighted by atomic mass is 79.9. The van der Waals surface area contributed by atoms with Gasteiger partial charge in [-0.3, -0.25) is 4.79 Å². The SMILES string of the molecule is CC(C(C#N)C(=O)c1cc2cc(OCC(F)F)c(Br)cc2[nH]1)N(C)C. The number of carbonyl (C=O) groups excluding carboxylic acids is 1. The summed E-state index contributed by atoms with van der Waals surface area (Å²) < 4.78 is 30.2. The predicted molar refractivity (Wildman–Crippen MR) is 94.1 cm³/mol. The molecule has 134 valence electrons. The number of benzene rings is 1. The number of carbonyl (C=O) groups is 1. The van der Waals surface area contributed by atoms with Crippen molar-refractivity contribution in [3.8, 4) is 11.8 Å². The van der Waals surface area contributed by atoms with Crippen molar-refractivity contribution >= 4 is 32.6 Å². The van der Waals surface area contributed by atoms with Crippen LogP contribution in [0.1, 0.15) is 17.4 Å². The molecule has 25 heavy (non-hydrogen) atoms. The van der Waals surface area contributed by atoms with E-state index in [-0.39, 0.29) is 17.6 Å². The summed E-state index contributed by atoms with van der Waals surface area (Å²) in [7, 11) is 3.61. The summed E-state index contributed by atoms with van der Waals surface area (Å²) in [4.78, 5) is 17.4. The Kier molecular flexibility index (Phi) is 6.14. The molecule has 0 aliphatic rings. The first-order chi connectivity index (χ1) is 11.7. The number of ketones is 1. The molecule has 2 unspecified atom stereocenters. The number of alkyl halides is 2. The number of Topliss-reactive ketones (excluding diaryl/α,β-unsaturated/α-hetero) is 1. The van der Waals surface area contributed by atoms with Gasteiger partial charge in [0.25, 0.3) is 6.43 Å². The first-order valence-corrected chi connectivity index (χ1v) is 8.37. The fraction of sp³-hybridized carbons (Fsp3) is 0.412. The number of hydrogen-bond donors (Lipinski definition) is 1. The topological polar surface area (TPSA) is 69.1 Å². The lowest BCUT2D eigenvalue weighted by Crippen LogP contribution is -2.36. The summed E-state index contributed by atoms with van der Waals surface area (Å²) in [6.45, 7) is 1.10. The number of nitriles is 1. The van der Waals surface area contributed by atoms with E-state index in [0.29, 0.717) is 21.1 Å². The fourth-order valence-electron chi connectivity index (χ4n) is 2.38. The van der Waals surface area contributed by atoms with E-state index in [1.165, 1.54) is 0 Å². The molecule has 0 aliphatic heterocycles. The quantitative estimate of drug-likeness (QED) is 0.699. The molecule has 1 heterocycles. The Hall–Kier alpha value is -1.98. The van der Waals surface area contributed by atoms with Gasteiger partial charge in [-0.1, -0.05) is 0 Å². The second kappa shape index (κ2) is 7.93. The summed E-state index contributed by atoms with van der Waals surface area (Å²) in [6, 6.07) is 6.64. The van der Waals surface area contributed by atoms with Crippen molar-refractivity contribution in [2.45, 2.75) is 19.4 Å². The molecular formula is C17H18BrF2N3O2. The van der Waals surface area contributed by atoms with Crippen LogP contribution in [0, 0.1) is 17.2 Å². The number of aromatic nitrogens is 1. The molecule has 0 saturated carbocycles. The minimum Gasteiger partial charge on any atom is -0.486 e. The van der Waals surface area contributed by atoms with Gasteiger partial charge in [0.1, 0.15) is 18.3 Å². The van der Waals surface area contributed by atoms with E-state index in [1.807, 2.05) is 0 Å². The molecule has 2 aromatic rings. The van der Waals surface area contributed by atoms with Crippen LogP contribution in [0.5, 0.6) is 5.75 Å². The number of ether oxygens (including phenoxy) is 1. The van der Waals surface area contributed by atoms with E-state index >= 15 is 0 Å². The molecule has 0 bridgehead atoms. The van der Waals surface area contributed by atoms with Gasteiger partial charge in [-0.05, 0) is 55.1 Å². The number of fused-ring (bicyclic) bond motifs is 1. The standard InChI is InChI=1S/C17H18BrF2N3O2/c1-9(23(2)3)11(7-21)17(24)14-4-10-5-15(25-8-16(19)20)12(18)6-13(10)22-14/h4-6,9,11,16,22H,8H2,1-3H3. The van der Waals surface area contributed by atoms with Crippen molar-refractivity contribution in [3.63, 3.8) is 0 Å². The average molecular weight is 414 g/mol. The summed E-state index contributed by atoms with van der Waals surface area (Å²) in [5, 5.41) is 10.00. The summed E-state index contributed by atoms with van der Waals surface area (Å²) in [5.41, 5.74) is 0.946. The Morgan fingerprint density at radius 1 is 1.40 bits per heavy atom. The highest BCUT2D eigenvalue weighted by Gasteiger charge is 2.28. The van der Waals surface area contributed by atoms with Crippen molar-refractivity contribution < 1.29 is 18.3 Å². The fourth-order valence-corrected chi connectivity index (χ4v) is 2.84. The molecule has 0 amide bonds. The zero-order chi connectivity index (χ0) is 18.7. The van der Waals surface area contributed by atoms with Gasteiger partial charge in [-0.15, -0.1) is 0 Å². The molecular weight excluding hydrogens is 396 g/mol. The number of hydrogen-bond acceptors (Lipinski definition) is 4. The van der Waals surface area contributed by atoms with Gasteiger partial charge in [0.2, 0.25) is 0 Å². The smallest absolute Gasteiger partial charge is 0.272 e. The zero-order valence-electron chi connectivity index (χ0n) is 14.0. The number of aromatic amines is 1. The molecule has 0 saturated heterocycles. The molecule has 0 aliphatic carbocycles. The maximum absolute atomic E-state index is 12.7. The van der Waals surface area contributed by atoms with E-state index in [1.54, 1.807) is 44.1 Å². The molecule has 1 N–H and O–H groups in total. The van der Waals surface area contributed by atoms with Gasteiger partial charge in [0.05, 0.1) is 16.2 Å². The monoisotopic (exact) mass is 413 g/mol. The minimum atomic E-state index is -2.57. The number of H-pyrrole nitrogens is 1. The van der Waals surface area contributed by atoms with E-state index in [0.717, 1.165) is 0 Å². The van der Waals surface area contributed by atoms with Crippen LogP contribution in [0.2, 0.25) is 0 Å². The number of rotatable bonds is 7. The molecule has 2 atom stereocenters. The number of nitrogens with one attached hydrogen (secondary N) is 1. The molecule has 8 heteroatoms. The van der Waals surface area contributed by atoms with Gasteiger partial charge < -0.3 is 14.6 Å². The van der Waals surface area contributed by atoms with Crippen molar-refractivity contribution in [1.82, 2.24) is 9.88 Å². The molecule has 0 fully saturated rings. The normalized spacial score (nSPS) is 13.9. The molecule has 0 spiro atoms. The Balaban J connectivity index is 2.34. The molecule has 1 aromatic heterocycles. The van der Waals surface area contributed by atoms with Crippen molar-refractivity contribution in [2.75, 3.05) is 20.7 Å². The Morgan fingerprint density at radius 3 is 2.64 bits per heavy atom. The van der Waals surface area contributed by atoms with Crippen molar-refractivity contribution in [3.05, 3.63) is 28.4 Å². The van der Waals surface area contributed by atoms with Gasteiger partial charge in [-0.25, -0.2) is 8.78 Å². The second-order valence-electron chi connectivity index (χ2n) is 5.93. The van der Waals surface area contributed by atoms with E-state index in [9.17, 15) is 18.8 Å². The van der Waals surface area contributed by atoms with Crippen LogP contribution in [-0.2, 0) is 0 Å². The van der Waals surface area contributed by atoms with E-state index < -0.39 is 19.0 Å². The van der Waals surface area contributed by atoms with Gasteiger partial charge >= 0.3 is 0 Å². The predicted octanol–water partition coefficient (Wildman–Crippen LogP) is 3.85. The Morgan fingerprint density at radius 2 is 2.08 bits per heavy atom. The van der Waals surface area contributed by atoms with E-state index in [4.69, 9.17) is 4.74 Å². The Bertz CT molecular complexity index is 814.